The van der Waals surface area contributed by atoms with Crippen LogP contribution >= 0.6 is 0 Å². The summed E-state index contributed by atoms with van der Waals surface area (Å²) in [6.45, 7) is 1.34. The number of benzene rings is 1. The maximum atomic E-state index is 11.3. The molecule has 1 aromatic carbocycles. The first-order chi connectivity index (χ1) is 9.75. The minimum Gasteiger partial charge on any atom is -0.465 e. The third kappa shape index (κ3) is 2.44. The number of para-hydroxylation sites is 1. The maximum absolute atomic E-state index is 11.3. The van der Waals surface area contributed by atoms with Crippen molar-refractivity contribution in [3.8, 4) is 0 Å². The van der Waals surface area contributed by atoms with E-state index in [4.69, 9.17) is 4.74 Å². The van der Waals surface area contributed by atoms with Gasteiger partial charge in [-0.3, -0.25) is 4.98 Å². The van der Waals surface area contributed by atoms with Gasteiger partial charge in [0.15, 0.2) is 0 Å². The zero-order valence-electron chi connectivity index (χ0n) is 11.0. The number of carbonyl (C=O) groups is 1. The van der Waals surface area contributed by atoms with Gasteiger partial charge in [0.2, 0.25) is 0 Å². The van der Waals surface area contributed by atoms with Crippen LogP contribution in [0.15, 0.2) is 36.5 Å². The van der Waals surface area contributed by atoms with Crippen LogP contribution in [0.25, 0.3) is 10.9 Å². The Morgan fingerprint density at radius 2 is 2.25 bits per heavy atom. The second-order valence-electron chi connectivity index (χ2n) is 4.90. The molecule has 0 spiro atoms. The molecule has 5 nitrogen and oxygen atoms in total. The lowest BCUT2D eigenvalue weighted by molar-refractivity contribution is 0.000370. The van der Waals surface area contributed by atoms with Crippen LogP contribution in [0.5, 0.6) is 0 Å². The van der Waals surface area contributed by atoms with E-state index in [-0.39, 0.29) is 6.04 Å². The number of hydrogen-bond acceptors (Lipinski definition) is 3. The average molecular weight is 272 g/mol. The quantitative estimate of drug-likeness (QED) is 0.910. The number of aromatic nitrogens is 1. The van der Waals surface area contributed by atoms with Crippen molar-refractivity contribution in [3.63, 3.8) is 0 Å². The fraction of sp³-hybridized carbons (Fsp3) is 0.333. The second-order valence-corrected chi connectivity index (χ2v) is 4.90. The van der Waals surface area contributed by atoms with Crippen molar-refractivity contribution >= 4 is 17.0 Å². The van der Waals surface area contributed by atoms with Gasteiger partial charge in [0, 0.05) is 18.1 Å². The van der Waals surface area contributed by atoms with Gasteiger partial charge in [0.25, 0.3) is 0 Å². The molecule has 1 unspecified atom stereocenters. The number of amides is 1. The summed E-state index contributed by atoms with van der Waals surface area (Å²) in [5.41, 5.74) is 2.00. The molecule has 1 atom stereocenters. The predicted molar refractivity (Wildman–Crippen MR) is 74.8 cm³/mol. The van der Waals surface area contributed by atoms with E-state index in [1.165, 1.54) is 4.90 Å². The van der Waals surface area contributed by atoms with Crippen LogP contribution in [0.3, 0.4) is 0 Å². The monoisotopic (exact) mass is 272 g/mol. The summed E-state index contributed by atoms with van der Waals surface area (Å²) < 4.78 is 5.42. The van der Waals surface area contributed by atoms with Crippen molar-refractivity contribution in [2.45, 2.75) is 12.5 Å². The largest absolute Gasteiger partial charge is 0.465 e. The molecule has 1 aromatic heterocycles. The Bertz CT molecular complexity index is 624. The SMILES string of the molecule is O=C(O)N1CCOCC1Cc1cccc2cccnc12. The van der Waals surface area contributed by atoms with Gasteiger partial charge in [-0.1, -0.05) is 24.3 Å². The first kappa shape index (κ1) is 12.9. The van der Waals surface area contributed by atoms with E-state index in [1.807, 2.05) is 30.3 Å². The standard InChI is InChI=1S/C15H16N2O3/c18-15(19)17-7-8-20-10-13(17)9-12-4-1-3-11-5-2-6-16-14(11)12/h1-6,13H,7-10H2,(H,18,19). The van der Waals surface area contributed by atoms with Crippen molar-refractivity contribution in [3.05, 3.63) is 42.1 Å². The van der Waals surface area contributed by atoms with Gasteiger partial charge in [-0.05, 0) is 18.1 Å². The summed E-state index contributed by atoms with van der Waals surface area (Å²) >= 11 is 0. The van der Waals surface area contributed by atoms with E-state index in [1.54, 1.807) is 6.20 Å². The summed E-state index contributed by atoms with van der Waals surface area (Å²) in [5, 5.41) is 10.3. The van der Waals surface area contributed by atoms with Gasteiger partial charge < -0.3 is 14.7 Å². The van der Waals surface area contributed by atoms with E-state index in [0.717, 1.165) is 16.5 Å². The third-order valence-corrected chi connectivity index (χ3v) is 3.65. The van der Waals surface area contributed by atoms with Crippen LogP contribution in [0, 0.1) is 0 Å². The Balaban J connectivity index is 1.90. The molecule has 104 valence electrons. The predicted octanol–water partition coefficient (Wildman–Crippen LogP) is 2.16. The van der Waals surface area contributed by atoms with Crippen LogP contribution in [-0.2, 0) is 11.2 Å². The molecule has 0 saturated carbocycles. The Labute approximate surface area is 116 Å². The molecule has 1 fully saturated rings. The number of rotatable bonds is 2. The molecule has 1 saturated heterocycles. The molecule has 2 aromatic rings. The average Bonchev–Trinajstić information content (AvgIpc) is 2.48. The molecule has 20 heavy (non-hydrogen) atoms. The Hall–Kier alpha value is -2.14. The lowest BCUT2D eigenvalue weighted by atomic mass is 10.0. The van der Waals surface area contributed by atoms with E-state index < -0.39 is 6.09 Å². The molecule has 1 N–H and O–H groups in total. The number of nitrogens with zero attached hydrogens (tertiary/aromatic N) is 2. The van der Waals surface area contributed by atoms with E-state index in [9.17, 15) is 9.90 Å². The second kappa shape index (κ2) is 5.46. The minimum atomic E-state index is -0.883. The fourth-order valence-corrected chi connectivity index (χ4v) is 2.66. The highest BCUT2D eigenvalue weighted by Gasteiger charge is 2.27. The summed E-state index contributed by atoms with van der Waals surface area (Å²) in [7, 11) is 0. The summed E-state index contributed by atoms with van der Waals surface area (Å²) in [4.78, 5) is 17.1. The summed E-state index contributed by atoms with van der Waals surface area (Å²) in [5.74, 6) is 0. The van der Waals surface area contributed by atoms with Crippen molar-refractivity contribution in [1.82, 2.24) is 9.88 Å². The fourth-order valence-electron chi connectivity index (χ4n) is 2.66. The molecule has 1 aliphatic heterocycles. The molecule has 3 rings (SSSR count). The van der Waals surface area contributed by atoms with Crippen molar-refractivity contribution in [2.75, 3.05) is 19.8 Å². The zero-order valence-corrected chi connectivity index (χ0v) is 11.0. The van der Waals surface area contributed by atoms with Crippen LogP contribution < -0.4 is 0 Å². The third-order valence-electron chi connectivity index (χ3n) is 3.65. The molecule has 0 aliphatic carbocycles. The smallest absolute Gasteiger partial charge is 0.407 e. The van der Waals surface area contributed by atoms with Gasteiger partial charge in [-0.25, -0.2) is 4.79 Å². The number of morpholine rings is 1. The van der Waals surface area contributed by atoms with E-state index in [2.05, 4.69) is 4.98 Å². The van der Waals surface area contributed by atoms with Gasteiger partial charge >= 0.3 is 6.09 Å². The van der Waals surface area contributed by atoms with Crippen molar-refractivity contribution in [2.24, 2.45) is 0 Å². The molecular weight excluding hydrogens is 256 g/mol. The van der Waals surface area contributed by atoms with Gasteiger partial charge in [-0.2, -0.15) is 0 Å². The Morgan fingerprint density at radius 3 is 3.10 bits per heavy atom. The normalized spacial score (nSPS) is 19.2. The first-order valence-electron chi connectivity index (χ1n) is 6.65. The number of ether oxygens (including phenoxy) is 1. The van der Waals surface area contributed by atoms with Crippen LogP contribution in [-0.4, -0.2) is 46.9 Å². The Morgan fingerprint density at radius 1 is 1.40 bits per heavy atom. The summed E-state index contributed by atoms with van der Waals surface area (Å²) in [6.07, 6.45) is 1.50. The van der Waals surface area contributed by atoms with Crippen molar-refractivity contribution in [1.29, 1.82) is 0 Å². The molecule has 1 amide bonds. The highest BCUT2D eigenvalue weighted by Crippen LogP contribution is 2.20. The molecule has 0 bridgehead atoms. The molecular formula is C15H16N2O3. The number of hydrogen-bond donors (Lipinski definition) is 1. The lowest BCUT2D eigenvalue weighted by Gasteiger charge is -2.33. The zero-order chi connectivity index (χ0) is 13.9. The molecule has 5 heteroatoms. The summed E-state index contributed by atoms with van der Waals surface area (Å²) in [6, 6.07) is 9.77. The maximum Gasteiger partial charge on any atom is 0.407 e. The first-order valence-corrected chi connectivity index (χ1v) is 6.65. The van der Waals surface area contributed by atoms with E-state index in [0.29, 0.717) is 26.2 Å². The van der Waals surface area contributed by atoms with Crippen LogP contribution in [0.1, 0.15) is 5.56 Å². The van der Waals surface area contributed by atoms with Crippen LogP contribution in [0.4, 0.5) is 4.79 Å². The Kier molecular flexibility index (Phi) is 3.52. The van der Waals surface area contributed by atoms with Crippen LogP contribution in [0.2, 0.25) is 0 Å². The van der Waals surface area contributed by atoms with Crippen molar-refractivity contribution < 1.29 is 14.6 Å². The number of pyridine rings is 1. The molecule has 0 radical (unpaired) electrons. The van der Waals surface area contributed by atoms with E-state index >= 15 is 0 Å². The number of carboxylic acid groups (broad SMARTS) is 1. The number of fused-ring (bicyclic) bond motifs is 1. The lowest BCUT2D eigenvalue weighted by Crippen LogP contribution is -2.49. The molecule has 2 heterocycles. The topological polar surface area (TPSA) is 62.7 Å². The highest BCUT2D eigenvalue weighted by atomic mass is 16.5. The minimum absolute atomic E-state index is 0.145. The molecule has 1 aliphatic rings. The van der Waals surface area contributed by atoms with Gasteiger partial charge in [0.1, 0.15) is 0 Å². The van der Waals surface area contributed by atoms with Gasteiger partial charge in [-0.15, -0.1) is 0 Å². The van der Waals surface area contributed by atoms with Gasteiger partial charge in [0.05, 0.1) is 24.8 Å². The highest BCUT2D eigenvalue weighted by molar-refractivity contribution is 5.81.